The molecule has 2 rings (SSSR count). The fraction of sp³-hybridized carbons (Fsp3) is 0.895. The Morgan fingerprint density at radius 2 is 1.19 bits per heavy atom. The summed E-state index contributed by atoms with van der Waals surface area (Å²) in [7, 11) is 4.09. The highest BCUT2D eigenvalue weighted by Gasteiger charge is 2.27. The van der Waals surface area contributed by atoms with Gasteiger partial charge in [0, 0.05) is 12.1 Å². The Kier molecular flexibility index (Phi) is 10.4. The Bertz CT molecular complexity index is 210. The summed E-state index contributed by atoms with van der Waals surface area (Å²) in [5.41, 5.74) is 0. The highest BCUT2D eigenvalue weighted by Crippen LogP contribution is 2.29. The van der Waals surface area contributed by atoms with Crippen LogP contribution in [0.4, 0.5) is 0 Å². The van der Waals surface area contributed by atoms with E-state index in [1.807, 2.05) is 14.1 Å². The molecule has 2 aliphatic rings. The molecule has 2 aliphatic carbocycles. The van der Waals surface area contributed by atoms with Crippen LogP contribution in [-0.4, -0.2) is 49.1 Å². The largest absolute Gasteiger partial charge is 0.309 e. The van der Waals surface area contributed by atoms with E-state index in [1.54, 1.807) is 0 Å². The van der Waals surface area contributed by atoms with E-state index in [1.165, 1.54) is 64.2 Å². The average molecular weight is 295 g/mol. The predicted molar refractivity (Wildman–Crippen MR) is 94.3 cm³/mol. The van der Waals surface area contributed by atoms with Crippen LogP contribution in [0, 0.1) is 13.8 Å². The third-order valence-electron chi connectivity index (χ3n) is 4.95. The first-order valence-corrected chi connectivity index (χ1v) is 9.18. The van der Waals surface area contributed by atoms with Crippen LogP contribution in [0.5, 0.6) is 0 Å². The Labute approximate surface area is 134 Å². The van der Waals surface area contributed by atoms with Crippen LogP contribution in [0.3, 0.4) is 0 Å². The quantitative estimate of drug-likeness (QED) is 0.733. The number of hydrogen-bond acceptors (Lipinski definition) is 2. The molecule has 2 nitrogen and oxygen atoms in total. The van der Waals surface area contributed by atoms with E-state index in [4.69, 9.17) is 0 Å². The van der Waals surface area contributed by atoms with Gasteiger partial charge in [-0.05, 0) is 66.2 Å². The monoisotopic (exact) mass is 294 g/mol. The molecule has 124 valence electrons. The summed E-state index contributed by atoms with van der Waals surface area (Å²) in [6.45, 7) is 9.98. The molecule has 2 saturated carbocycles. The van der Waals surface area contributed by atoms with Crippen molar-refractivity contribution < 1.29 is 0 Å². The summed E-state index contributed by atoms with van der Waals surface area (Å²) < 4.78 is 0. The van der Waals surface area contributed by atoms with Crippen LogP contribution in [0.15, 0.2) is 0 Å². The van der Waals surface area contributed by atoms with Gasteiger partial charge in [-0.2, -0.15) is 0 Å². The zero-order valence-electron chi connectivity index (χ0n) is 14.7. The Morgan fingerprint density at radius 3 is 1.43 bits per heavy atom. The van der Waals surface area contributed by atoms with Gasteiger partial charge in [0.1, 0.15) is 0 Å². The lowest BCUT2D eigenvalue weighted by Crippen LogP contribution is -2.44. The van der Waals surface area contributed by atoms with Crippen molar-refractivity contribution in [2.45, 2.75) is 82.7 Å². The van der Waals surface area contributed by atoms with Crippen molar-refractivity contribution >= 4 is 0 Å². The van der Waals surface area contributed by atoms with Crippen molar-refractivity contribution in [2.24, 2.45) is 0 Å². The van der Waals surface area contributed by atoms with Gasteiger partial charge in [-0.25, -0.2) is 0 Å². The fourth-order valence-corrected chi connectivity index (χ4v) is 3.80. The van der Waals surface area contributed by atoms with Gasteiger partial charge >= 0.3 is 0 Å². The molecule has 0 heterocycles. The Morgan fingerprint density at radius 1 is 0.762 bits per heavy atom. The van der Waals surface area contributed by atoms with E-state index >= 15 is 0 Å². The van der Waals surface area contributed by atoms with Crippen LogP contribution < -0.4 is 0 Å². The second kappa shape index (κ2) is 11.5. The normalized spacial score (nSPS) is 21.4. The van der Waals surface area contributed by atoms with Crippen LogP contribution in [0.1, 0.15) is 70.6 Å². The third-order valence-corrected chi connectivity index (χ3v) is 4.95. The molecule has 0 aromatic heterocycles. The molecule has 0 atom stereocenters. The molecule has 2 heteroatoms. The van der Waals surface area contributed by atoms with Crippen molar-refractivity contribution in [1.82, 2.24) is 9.80 Å². The summed E-state index contributed by atoms with van der Waals surface area (Å²) in [5, 5.41) is 0. The smallest absolute Gasteiger partial charge is 0.00981 e. The van der Waals surface area contributed by atoms with E-state index in [0.717, 1.165) is 31.6 Å². The Hall–Kier alpha value is -0.0800. The van der Waals surface area contributed by atoms with Gasteiger partial charge in [0.25, 0.3) is 0 Å². The zero-order valence-corrected chi connectivity index (χ0v) is 14.7. The maximum atomic E-state index is 4.16. The van der Waals surface area contributed by atoms with Crippen molar-refractivity contribution in [3.63, 3.8) is 0 Å². The summed E-state index contributed by atoms with van der Waals surface area (Å²) in [6, 6.07) is 1.75. The number of nitrogens with zero attached hydrogens (tertiary/aromatic N) is 2. The topological polar surface area (TPSA) is 6.48 Å². The lowest BCUT2D eigenvalue weighted by Gasteiger charge is -2.41. The molecule has 2 fully saturated rings. The van der Waals surface area contributed by atoms with E-state index in [2.05, 4.69) is 23.6 Å². The molecular formula is C19H38N2. The van der Waals surface area contributed by atoms with Crippen molar-refractivity contribution in [1.29, 1.82) is 0 Å². The summed E-state index contributed by atoms with van der Waals surface area (Å²) >= 11 is 0. The Balaban J connectivity index is 0.000000315. The molecule has 0 aromatic carbocycles. The minimum absolute atomic E-state index is 0.874. The van der Waals surface area contributed by atoms with Crippen LogP contribution >= 0.6 is 0 Å². The third kappa shape index (κ3) is 7.65. The first kappa shape index (κ1) is 19.0. The number of rotatable bonds is 5. The minimum atomic E-state index is 0.874. The molecule has 0 unspecified atom stereocenters. The van der Waals surface area contributed by atoms with Gasteiger partial charge in [-0.3, -0.25) is 4.90 Å². The second-order valence-corrected chi connectivity index (χ2v) is 6.98. The highest BCUT2D eigenvalue weighted by molar-refractivity contribution is 4.84. The molecule has 2 radical (unpaired) electrons. The van der Waals surface area contributed by atoms with Gasteiger partial charge < -0.3 is 4.90 Å². The van der Waals surface area contributed by atoms with Crippen molar-refractivity contribution in [3.05, 3.63) is 13.8 Å². The van der Waals surface area contributed by atoms with Gasteiger partial charge in [0.2, 0.25) is 0 Å². The van der Waals surface area contributed by atoms with Crippen molar-refractivity contribution in [2.75, 3.05) is 27.2 Å². The first-order chi connectivity index (χ1) is 10.2. The lowest BCUT2D eigenvalue weighted by atomic mass is 9.89. The van der Waals surface area contributed by atoms with E-state index < -0.39 is 0 Å². The van der Waals surface area contributed by atoms with E-state index in [-0.39, 0.29) is 0 Å². The van der Waals surface area contributed by atoms with Crippen LogP contribution in [0.25, 0.3) is 0 Å². The maximum Gasteiger partial charge on any atom is 0.00981 e. The average Bonchev–Trinajstić information content (AvgIpc) is 2.51. The molecule has 0 aliphatic heterocycles. The first-order valence-electron chi connectivity index (χ1n) is 9.18. The maximum absolute atomic E-state index is 4.16. The second-order valence-electron chi connectivity index (χ2n) is 6.98. The molecule has 0 saturated heterocycles. The summed E-state index contributed by atoms with van der Waals surface area (Å²) in [5.74, 6) is 0. The molecule has 0 amide bonds. The molecule has 21 heavy (non-hydrogen) atoms. The lowest BCUT2D eigenvalue weighted by molar-refractivity contribution is 0.0932. The fourth-order valence-electron chi connectivity index (χ4n) is 3.80. The molecule has 0 bridgehead atoms. The molecule has 0 spiro atoms. The molecule has 0 N–H and O–H groups in total. The van der Waals surface area contributed by atoms with Gasteiger partial charge in [-0.1, -0.05) is 45.4 Å². The van der Waals surface area contributed by atoms with E-state index in [9.17, 15) is 0 Å². The van der Waals surface area contributed by atoms with Gasteiger partial charge in [0.05, 0.1) is 0 Å². The predicted octanol–water partition coefficient (Wildman–Crippen LogP) is 4.56. The van der Waals surface area contributed by atoms with E-state index in [0.29, 0.717) is 0 Å². The standard InChI is InChI=1S/C14H26N.C5H12N/c1-2-15(13-9-5-3-6-10-13)14-11-7-4-8-12-14;1-4-5-6(2)3/h13-14H,1-12H2;1,4-5H2,2-3H3. The zero-order chi connectivity index (χ0) is 15.5. The molecular weight excluding hydrogens is 256 g/mol. The summed E-state index contributed by atoms with van der Waals surface area (Å²) in [4.78, 5) is 4.85. The molecule has 0 aromatic rings. The number of hydrogen-bond donors (Lipinski definition) is 0. The SMILES string of the molecule is [CH2]CCN(C)C.[CH2]CN(C1CCCCC1)C1CCCCC1. The van der Waals surface area contributed by atoms with Gasteiger partial charge in [-0.15, -0.1) is 0 Å². The van der Waals surface area contributed by atoms with Crippen LogP contribution in [-0.2, 0) is 0 Å². The van der Waals surface area contributed by atoms with Gasteiger partial charge in [0.15, 0.2) is 0 Å². The highest BCUT2D eigenvalue weighted by atomic mass is 15.2. The summed E-state index contributed by atoms with van der Waals surface area (Å²) in [6.07, 6.45) is 15.5. The minimum Gasteiger partial charge on any atom is -0.309 e. The van der Waals surface area contributed by atoms with Crippen molar-refractivity contribution in [3.8, 4) is 0 Å². The van der Waals surface area contributed by atoms with Crippen LogP contribution in [0.2, 0.25) is 0 Å².